The van der Waals surface area contributed by atoms with E-state index < -0.39 is 17.4 Å². The van der Waals surface area contributed by atoms with E-state index in [0.717, 1.165) is 0 Å². The molecule has 2 atom stereocenters. The molecule has 1 aliphatic heterocycles. The van der Waals surface area contributed by atoms with E-state index in [4.69, 9.17) is 11.6 Å². The third kappa shape index (κ3) is 2.50. The van der Waals surface area contributed by atoms with Gasteiger partial charge in [0.1, 0.15) is 11.6 Å². The minimum Gasteiger partial charge on any atom is -0.340 e. The number of anilines is 1. The van der Waals surface area contributed by atoms with E-state index in [1.807, 2.05) is 0 Å². The molecule has 1 fully saturated rings. The normalized spacial score (nSPS) is 26.0. The average Bonchev–Trinajstić information content (AvgIpc) is 2.46. The topological polar surface area (TPSA) is 49.4 Å². The first-order valence-corrected chi connectivity index (χ1v) is 7.33. The van der Waals surface area contributed by atoms with Crippen molar-refractivity contribution in [3.05, 3.63) is 29.0 Å². The number of carbonyl (C=O) groups excluding carboxylic acids is 2. The van der Waals surface area contributed by atoms with Gasteiger partial charge in [-0.05, 0) is 31.9 Å². The summed E-state index contributed by atoms with van der Waals surface area (Å²) in [5.74, 6) is -1.28. The molecule has 0 aliphatic carbocycles. The van der Waals surface area contributed by atoms with Crippen molar-refractivity contribution >= 4 is 29.1 Å². The second kappa shape index (κ2) is 5.64. The van der Waals surface area contributed by atoms with Gasteiger partial charge in [-0.2, -0.15) is 0 Å². The van der Waals surface area contributed by atoms with Gasteiger partial charge in [-0.3, -0.25) is 14.5 Å². The van der Waals surface area contributed by atoms with E-state index in [0.29, 0.717) is 12.8 Å². The minimum absolute atomic E-state index is 0.0499. The second-order valence-electron chi connectivity index (χ2n) is 5.35. The highest BCUT2D eigenvalue weighted by Crippen LogP contribution is 2.32. The van der Waals surface area contributed by atoms with Gasteiger partial charge in [-0.25, -0.2) is 4.39 Å². The molecule has 114 valence electrons. The maximum absolute atomic E-state index is 14.3. The highest BCUT2D eigenvalue weighted by atomic mass is 35.5. The van der Waals surface area contributed by atoms with Crippen molar-refractivity contribution in [3.63, 3.8) is 0 Å². The molecule has 0 spiro atoms. The molecule has 0 radical (unpaired) electrons. The minimum atomic E-state index is -1.03. The number of hydrogen-bond donors (Lipinski definition) is 1. The van der Waals surface area contributed by atoms with E-state index in [1.165, 1.54) is 17.0 Å². The Morgan fingerprint density at radius 3 is 2.62 bits per heavy atom. The Morgan fingerprint density at radius 1 is 1.38 bits per heavy atom. The van der Waals surface area contributed by atoms with Crippen LogP contribution in [-0.2, 0) is 9.59 Å². The Labute approximate surface area is 128 Å². The molecule has 1 N–H and O–H groups in total. The second-order valence-corrected chi connectivity index (χ2v) is 5.75. The first-order valence-electron chi connectivity index (χ1n) is 6.95. The molecule has 1 heterocycles. The van der Waals surface area contributed by atoms with Crippen molar-refractivity contribution in [2.75, 3.05) is 4.90 Å². The van der Waals surface area contributed by atoms with Crippen molar-refractivity contribution in [1.29, 1.82) is 0 Å². The summed E-state index contributed by atoms with van der Waals surface area (Å²) in [7, 11) is 0. The Bertz CT molecular complexity index is 593. The van der Waals surface area contributed by atoms with E-state index in [9.17, 15) is 14.0 Å². The largest absolute Gasteiger partial charge is 0.340 e. The first-order chi connectivity index (χ1) is 9.85. The zero-order chi connectivity index (χ0) is 15.8. The van der Waals surface area contributed by atoms with Crippen LogP contribution >= 0.6 is 11.6 Å². The zero-order valence-electron chi connectivity index (χ0n) is 12.2. The number of carbonyl (C=O) groups is 2. The summed E-state index contributed by atoms with van der Waals surface area (Å²) in [6.07, 6.45) is 0.815. The standard InChI is InChI=1S/C15H18ClFN2O2/c1-4-10-13(20)18-15(3,5-2)14(21)19(10)11-8-6-7-9(16)12(11)17/h6-8,10H,4-5H2,1-3H3,(H,18,20). The van der Waals surface area contributed by atoms with Crippen LogP contribution in [0.25, 0.3) is 0 Å². The molecule has 6 heteroatoms. The first kappa shape index (κ1) is 15.8. The summed E-state index contributed by atoms with van der Waals surface area (Å²) in [5.41, 5.74) is -0.980. The number of nitrogens with zero attached hydrogens (tertiary/aromatic N) is 1. The molecule has 21 heavy (non-hydrogen) atoms. The van der Waals surface area contributed by atoms with Gasteiger partial charge in [0.15, 0.2) is 5.82 Å². The Balaban J connectivity index is 2.58. The molecule has 2 amide bonds. The van der Waals surface area contributed by atoms with Crippen LogP contribution in [0, 0.1) is 5.82 Å². The number of piperazine rings is 1. The smallest absolute Gasteiger partial charge is 0.253 e. The van der Waals surface area contributed by atoms with E-state index >= 15 is 0 Å². The monoisotopic (exact) mass is 312 g/mol. The van der Waals surface area contributed by atoms with Crippen molar-refractivity contribution in [2.24, 2.45) is 0 Å². The highest BCUT2D eigenvalue weighted by molar-refractivity contribution is 6.31. The lowest BCUT2D eigenvalue weighted by Crippen LogP contribution is -2.69. The molecule has 1 aromatic rings. The summed E-state index contributed by atoms with van der Waals surface area (Å²) < 4.78 is 14.3. The highest BCUT2D eigenvalue weighted by Gasteiger charge is 2.47. The number of rotatable bonds is 3. The van der Waals surface area contributed by atoms with Crippen LogP contribution in [-0.4, -0.2) is 23.4 Å². The molecule has 0 saturated carbocycles. The van der Waals surface area contributed by atoms with Crippen LogP contribution in [0.15, 0.2) is 18.2 Å². The third-order valence-corrected chi connectivity index (χ3v) is 4.28. The van der Waals surface area contributed by atoms with Gasteiger partial charge in [0.2, 0.25) is 5.91 Å². The fourth-order valence-electron chi connectivity index (χ4n) is 2.50. The molecule has 0 aromatic heterocycles. The zero-order valence-corrected chi connectivity index (χ0v) is 13.0. The Morgan fingerprint density at radius 2 is 2.05 bits per heavy atom. The lowest BCUT2D eigenvalue weighted by Gasteiger charge is -2.43. The van der Waals surface area contributed by atoms with Gasteiger partial charge in [0, 0.05) is 0 Å². The van der Waals surface area contributed by atoms with Crippen LogP contribution in [0.3, 0.4) is 0 Å². The Hall–Kier alpha value is -1.62. The van der Waals surface area contributed by atoms with E-state index in [1.54, 1.807) is 26.8 Å². The van der Waals surface area contributed by atoms with Crippen LogP contribution in [0.1, 0.15) is 33.6 Å². The van der Waals surface area contributed by atoms with Gasteiger partial charge >= 0.3 is 0 Å². The van der Waals surface area contributed by atoms with Gasteiger partial charge in [-0.1, -0.05) is 31.5 Å². The summed E-state index contributed by atoms with van der Waals surface area (Å²) >= 11 is 5.80. The lowest BCUT2D eigenvalue weighted by atomic mass is 9.90. The number of halogens is 2. The average molecular weight is 313 g/mol. The van der Waals surface area contributed by atoms with Crippen molar-refractivity contribution in [2.45, 2.75) is 45.2 Å². The van der Waals surface area contributed by atoms with Gasteiger partial charge in [-0.15, -0.1) is 0 Å². The van der Waals surface area contributed by atoms with Crippen molar-refractivity contribution in [1.82, 2.24) is 5.32 Å². The predicted molar refractivity (Wildman–Crippen MR) is 79.8 cm³/mol. The molecular formula is C15H18ClFN2O2. The SMILES string of the molecule is CCC1C(=O)NC(C)(CC)C(=O)N1c1cccc(Cl)c1F. The molecule has 2 rings (SSSR count). The molecular weight excluding hydrogens is 295 g/mol. The fraction of sp³-hybridized carbons (Fsp3) is 0.467. The van der Waals surface area contributed by atoms with Crippen LogP contribution < -0.4 is 10.2 Å². The summed E-state index contributed by atoms with van der Waals surface area (Å²) in [4.78, 5) is 26.3. The maximum atomic E-state index is 14.3. The number of amides is 2. The lowest BCUT2D eigenvalue weighted by molar-refractivity contribution is -0.138. The van der Waals surface area contributed by atoms with Gasteiger partial charge < -0.3 is 5.32 Å². The van der Waals surface area contributed by atoms with Gasteiger partial charge in [0.25, 0.3) is 5.91 Å². The third-order valence-electron chi connectivity index (χ3n) is 3.99. The molecule has 4 nitrogen and oxygen atoms in total. The number of hydrogen-bond acceptors (Lipinski definition) is 2. The quantitative estimate of drug-likeness (QED) is 0.933. The molecule has 0 bridgehead atoms. The summed E-state index contributed by atoms with van der Waals surface area (Å²) in [6.45, 7) is 5.23. The fourth-order valence-corrected chi connectivity index (χ4v) is 2.67. The van der Waals surface area contributed by atoms with Crippen molar-refractivity contribution < 1.29 is 14.0 Å². The van der Waals surface area contributed by atoms with Crippen LogP contribution in [0.4, 0.5) is 10.1 Å². The molecule has 1 aliphatic rings. The van der Waals surface area contributed by atoms with E-state index in [-0.39, 0.29) is 22.5 Å². The summed E-state index contributed by atoms with van der Waals surface area (Å²) in [6, 6.07) is 3.71. The number of benzene rings is 1. The van der Waals surface area contributed by atoms with Crippen LogP contribution in [0.2, 0.25) is 5.02 Å². The van der Waals surface area contributed by atoms with E-state index in [2.05, 4.69) is 5.32 Å². The Kier molecular flexibility index (Phi) is 4.23. The number of nitrogens with one attached hydrogen (secondary N) is 1. The summed E-state index contributed by atoms with van der Waals surface area (Å²) in [5, 5.41) is 2.67. The predicted octanol–water partition coefficient (Wildman–Crippen LogP) is 2.89. The van der Waals surface area contributed by atoms with Crippen LogP contribution in [0.5, 0.6) is 0 Å². The molecule has 2 unspecified atom stereocenters. The molecule has 1 saturated heterocycles. The van der Waals surface area contributed by atoms with Crippen molar-refractivity contribution in [3.8, 4) is 0 Å². The maximum Gasteiger partial charge on any atom is 0.253 e. The van der Waals surface area contributed by atoms with Gasteiger partial charge in [0.05, 0.1) is 10.7 Å². The molecule has 1 aromatic carbocycles.